The molecule has 0 fully saturated rings. The van der Waals surface area contributed by atoms with Gasteiger partial charge < -0.3 is 0 Å². The van der Waals surface area contributed by atoms with Gasteiger partial charge in [-0.15, -0.1) is 29.8 Å². The highest BCUT2D eigenvalue weighted by atomic mass is 35.5. The predicted molar refractivity (Wildman–Crippen MR) is 46.7 cm³/mol. The van der Waals surface area contributed by atoms with E-state index in [4.69, 9.17) is 23.2 Å². The first-order chi connectivity index (χ1) is 4.69. The van der Waals surface area contributed by atoms with Crippen molar-refractivity contribution in [2.24, 2.45) is 0 Å². The van der Waals surface area contributed by atoms with Crippen LogP contribution in [0.1, 0.15) is 0 Å². The molecule has 0 heterocycles. The highest BCUT2D eigenvalue weighted by Gasteiger charge is 2.28. The van der Waals surface area contributed by atoms with Crippen molar-refractivity contribution >= 4 is 23.2 Å². The van der Waals surface area contributed by atoms with Gasteiger partial charge in [0.25, 0.3) is 0 Å². The molecule has 54 valence electrons. The molecule has 2 unspecified atom stereocenters. The number of alkyl halides is 2. The van der Waals surface area contributed by atoms with Crippen LogP contribution in [0.15, 0.2) is 37.0 Å². The van der Waals surface area contributed by atoms with E-state index in [1.807, 2.05) is 24.3 Å². The maximum atomic E-state index is 6.02. The van der Waals surface area contributed by atoms with Crippen LogP contribution >= 0.6 is 23.2 Å². The van der Waals surface area contributed by atoms with Crippen LogP contribution in [0.25, 0.3) is 0 Å². The van der Waals surface area contributed by atoms with Crippen LogP contribution in [0.4, 0.5) is 0 Å². The lowest BCUT2D eigenvalue weighted by Gasteiger charge is -2.24. The first-order valence-electron chi connectivity index (χ1n) is 3.01. The summed E-state index contributed by atoms with van der Waals surface area (Å²) in [5.41, 5.74) is 0. The van der Waals surface area contributed by atoms with E-state index < -0.39 is 4.87 Å². The smallest absolute Gasteiger partial charge is 0.100 e. The Hall–Kier alpha value is -0.200. The number of hydrogen-bond donors (Lipinski definition) is 0. The largest absolute Gasteiger partial charge is 0.116 e. The highest BCUT2D eigenvalue weighted by Crippen LogP contribution is 2.30. The normalized spacial score (nSPS) is 38.0. The summed E-state index contributed by atoms with van der Waals surface area (Å²) in [7, 11) is 0. The fourth-order valence-electron chi connectivity index (χ4n) is 0.785. The number of hydrogen-bond acceptors (Lipinski definition) is 0. The molecule has 0 aromatic carbocycles. The number of halogens is 2. The molecule has 0 bridgehead atoms. The Morgan fingerprint density at radius 3 is 2.60 bits per heavy atom. The molecule has 0 spiro atoms. The Morgan fingerprint density at radius 2 is 2.20 bits per heavy atom. The molecular formula is C8H8Cl2. The zero-order valence-corrected chi connectivity index (χ0v) is 6.94. The molecule has 0 aromatic rings. The molecule has 2 heteroatoms. The van der Waals surface area contributed by atoms with Crippen molar-refractivity contribution in [3.8, 4) is 0 Å². The van der Waals surface area contributed by atoms with Crippen LogP contribution in [-0.4, -0.2) is 10.3 Å². The van der Waals surface area contributed by atoms with E-state index >= 15 is 0 Å². The molecule has 1 aliphatic rings. The average molecular weight is 175 g/mol. The zero-order valence-electron chi connectivity index (χ0n) is 5.43. The summed E-state index contributed by atoms with van der Waals surface area (Å²) in [5, 5.41) is -0.184. The van der Waals surface area contributed by atoms with Crippen molar-refractivity contribution in [3.05, 3.63) is 37.0 Å². The fraction of sp³-hybridized carbons (Fsp3) is 0.250. The van der Waals surface area contributed by atoms with Gasteiger partial charge in [0.1, 0.15) is 4.87 Å². The predicted octanol–water partition coefficient (Wildman–Crippen LogP) is 2.88. The molecule has 0 N–H and O–H groups in total. The molecule has 0 saturated heterocycles. The van der Waals surface area contributed by atoms with Gasteiger partial charge in [0, 0.05) is 0 Å². The van der Waals surface area contributed by atoms with Gasteiger partial charge in [0.2, 0.25) is 0 Å². The van der Waals surface area contributed by atoms with Gasteiger partial charge in [-0.3, -0.25) is 0 Å². The standard InChI is InChI=1S/C8H8Cl2/c1-2-8(10)6-4-3-5-7(8)9/h2-7H,1H2. The molecule has 1 rings (SSSR count). The van der Waals surface area contributed by atoms with E-state index in [2.05, 4.69) is 6.58 Å². The fourth-order valence-corrected chi connectivity index (χ4v) is 1.18. The zero-order chi connectivity index (χ0) is 7.61. The van der Waals surface area contributed by atoms with Crippen molar-refractivity contribution in [3.63, 3.8) is 0 Å². The van der Waals surface area contributed by atoms with E-state index in [0.717, 1.165) is 0 Å². The topological polar surface area (TPSA) is 0 Å². The van der Waals surface area contributed by atoms with E-state index in [-0.39, 0.29) is 5.38 Å². The lowest BCUT2D eigenvalue weighted by molar-refractivity contribution is 0.878. The Morgan fingerprint density at radius 1 is 1.50 bits per heavy atom. The summed E-state index contributed by atoms with van der Waals surface area (Å²) in [6.07, 6.45) is 9.07. The first-order valence-corrected chi connectivity index (χ1v) is 3.83. The van der Waals surface area contributed by atoms with Crippen molar-refractivity contribution in [2.75, 3.05) is 0 Å². The maximum absolute atomic E-state index is 6.02. The third kappa shape index (κ3) is 1.28. The number of rotatable bonds is 1. The summed E-state index contributed by atoms with van der Waals surface area (Å²) in [6.45, 7) is 3.60. The first kappa shape index (κ1) is 7.90. The van der Waals surface area contributed by atoms with Gasteiger partial charge >= 0.3 is 0 Å². The molecule has 0 amide bonds. The summed E-state index contributed by atoms with van der Waals surface area (Å²) < 4.78 is 0. The summed E-state index contributed by atoms with van der Waals surface area (Å²) in [6, 6.07) is 0. The Kier molecular flexibility index (Phi) is 2.22. The van der Waals surface area contributed by atoms with E-state index in [1.165, 1.54) is 0 Å². The van der Waals surface area contributed by atoms with E-state index in [9.17, 15) is 0 Å². The van der Waals surface area contributed by atoms with Gasteiger partial charge in [-0.05, 0) is 0 Å². The van der Waals surface area contributed by atoms with Gasteiger partial charge in [-0.1, -0.05) is 30.4 Å². The highest BCUT2D eigenvalue weighted by molar-refractivity contribution is 6.35. The second-order valence-electron chi connectivity index (χ2n) is 2.18. The van der Waals surface area contributed by atoms with Crippen LogP contribution in [0, 0.1) is 0 Å². The molecule has 0 nitrogen and oxygen atoms in total. The molecule has 1 aliphatic carbocycles. The minimum absolute atomic E-state index is 0.184. The summed E-state index contributed by atoms with van der Waals surface area (Å²) in [4.78, 5) is -0.587. The molecule has 0 radical (unpaired) electrons. The molecule has 2 atom stereocenters. The van der Waals surface area contributed by atoms with Crippen molar-refractivity contribution < 1.29 is 0 Å². The lowest BCUT2D eigenvalue weighted by atomic mass is 10.00. The van der Waals surface area contributed by atoms with Crippen molar-refractivity contribution in [1.82, 2.24) is 0 Å². The second-order valence-corrected chi connectivity index (χ2v) is 3.30. The monoisotopic (exact) mass is 174 g/mol. The minimum atomic E-state index is -0.587. The Labute approximate surface area is 70.8 Å². The average Bonchev–Trinajstić information content (AvgIpc) is 1.96. The van der Waals surface area contributed by atoms with Gasteiger partial charge in [-0.25, -0.2) is 0 Å². The molecule has 0 aliphatic heterocycles. The Balaban J connectivity index is 2.87. The van der Waals surface area contributed by atoms with Crippen molar-refractivity contribution in [2.45, 2.75) is 10.3 Å². The lowest BCUT2D eigenvalue weighted by Crippen LogP contribution is -2.27. The second kappa shape index (κ2) is 2.81. The quantitative estimate of drug-likeness (QED) is 0.424. The van der Waals surface area contributed by atoms with Crippen LogP contribution < -0.4 is 0 Å². The molecule has 0 saturated carbocycles. The Bertz CT molecular complexity index is 193. The van der Waals surface area contributed by atoms with E-state index in [0.29, 0.717) is 0 Å². The van der Waals surface area contributed by atoms with Crippen LogP contribution in [-0.2, 0) is 0 Å². The summed E-state index contributed by atoms with van der Waals surface area (Å²) in [5.74, 6) is 0. The molecule has 0 aromatic heterocycles. The van der Waals surface area contributed by atoms with E-state index in [1.54, 1.807) is 6.08 Å². The van der Waals surface area contributed by atoms with Gasteiger partial charge in [0.05, 0.1) is 5.38 Å². The SMILES string of the molecule is C=CC1(Cl)C=CC=CC1Cl. The molecule has 10 heavy (non-hydrogen) atoms. The van der Waals surface area contributed by atoms with Crippen LogP contribution in [0.2, 0.25) is 0 Å². The molecular weight excluding hydrogens is 167 g/mol. The van der Waals surface area contributed by atoms with Crippen LogP contribution in [0.3, 0.4) is 0 Å². The third-order valence-electron chi connectivity index (χ3n) is 1.48. The summed E-state index contributed by atoms with van der Waals surface area (Å²) >= 11 is 11.9. The van der Waals surface area contributed by atoms with Gasteiger partial charge in [0.15, 0.2) is 0 Å². The minimum Gasteiger partial charge on any atom is -0.116 e. The third-order valence-corrected chi connectivity index (χ3v) is 2.61. The number of allylic oxidation sites excluding steroid dienone is 5. The van der Waals surface area contributed by atoms with Gasteiger partial charge in [-0.2, -0.15) is 0 Å². The van der Waals surface area contributed by atoms with Crippen LogP contribution in [0.5, 0.6) is 0 Å². The maximum Gasteiger partial charge on any atom is 0.100 e. The van der Waals surface area contributed by atoms with Crippen molar-refractivity contribution in [1.29, 1.82) is 0 Å².